The fraction of sp³-hybridized carbons (Fsp3) is 0.333. The first kappa shape index (κ1) is 16.2. The minimum atomic E-state index is -0.556. The first-order valence-electron chi connectivity index (χ1n) is 7.61. The van der Waals surface area contributed by atoms with E-state index in [4.69, 9.17) is 9.31 Å². The van der Waals surface area contributed by atoms with E-state index in [2.05, 4.69) is 0 Å². The molecule has 2 nitrogen and oxygen atoms in total. The molecule has 1 aliphatic rings. The summed E-state index contributed by atoms with van der Waals surface area (Å²) in [5.74, 6) is -0.715. The zero-order valence-electron chi connectivity index (χ0n) is 13.7. The lowest BCUT2D eigenvalue weighted by Gasteiger charge is -2.32. The molecule has 0 aliphatic carbocycles. The lowest BCUT2D eigenvalue weighted by atomic mass is 9.78. The van der Waals surface area contributed by atoms with E-state index in [1.807, 2.05) is 27.7 Å². The molecule has 0 radical (unpaired) electrons. The molecule has 0 N–H and O–H groups in total. The Morgan fingerprint density at radius 2 is 1.39 bits per heavy atom. The van der Waals surface area contributed by atoms with Crippen molar-refractivity contribution in [3.8, 4) is 11.1 Å². The maximum Gasteiger partial charge on any atom is 0.494 e. The molecular formula is C18H19BF2O2. The number of rotatable bonds is 2. The van der Waals surface area contributed by atoms with Crippen molar-refractivity contribution < 1.29 is 18.1 Å². The molecule has 0 spiro atoms. The second-order valence-corrected chi connectivity index (χ2v) is 6.83. The molecule has 0 aromatic heterocycles. The Labute approximate surface area is 135 Å². The molecule has 0 amide bonds. The Bertz CT molecular complexity index is 710. The van der Waals surface area contributed by atoms with Gasteiger partial charge in [-0.15, -0.1) is 0 Å². The summed E-state index contributed by atoms with van der Waals surface area (Å²) >= 11 is 0. The third-order valence-corrected chi connectivity index (χ3v) is 4.67. The number of hydrogen-bond donors (Lipinski definition) is 0. The van der Waals surface area contributed by atoms with Gasteiger partial charge in [-0.1, -0.05) is 24.3 Å². The quantitative estimate of drug-likeness (QED) is 0.782. The van der Waals surface area contributed by atoms with E-state index in [0.717, 1.165) is 5.46 Å². The second-order valence-electron chi connectivity index (χ2n) is 6.83. The maximum atomic E-state index is 14.2. The van der Waals surface area contributed by atoms with E-state index in [1.165, 1.54) is 18.2 Å². The van der Waals surface area contributed by atoms with Crippen molar-refractivity contribution in [2.45, 2.75) is 38.9 Å². The predicted octanol–water partition coefficient (Wildman–Crippen LogP) is 3.93. The first-order valence-corrected chi connectivity index (χ1v) is 7.61. The van der Waals surface area contributed by atoms with Crippen LogP contribution in [0.4, 0.5) is 8.78 Å². The van der Waals surface area contributed by atoms with Crippen LogP contribution in [0.5, 0.6) is 0 Å². The van der Waals surface area contributed by atoms with Crippen molar-refractivity contribution in [2.75, 3.05) is 0 Å². The standard InChI is InChI=1S/C18H19BF2O2/c1-17(2)18(3,4)23-19(22-17)13-7-10-16(21)15(11-13)12-5-8-14(20)9-6-12/h5-11H,1-4H3. The third kappa shape index (κ3) is 2.91. The summed E-state index contributed by atoms with van der Waals surface area (Å²) < 4.78 is 39.2. The van der Waals surface area contributed by atoms with Crippen LogP contribution in [-0.4, -0.2) is 18.3 Å². The zero-order chi connectivity index (χ0) is 16.8. The Balaban J connectivity index is 1.97. The highest BCUT2D eigenvalue weighted by molar-refractivity contribution is 6.62. The molecule has 0 unspecified atom stereocenters. The van der Waals surface area contributed by atoms with E-state index in [1.54, 1.807) is 24.3 Å². The summed E-state index contributed by atoms with van der Waals surface area (Å²) in [6.07, 6.45) is 0. The molecular weight excluding hydrogens is 297 g/mol. The molecule has 1 aliphatic heterocycles. The summed E-state index contributed by atoms with van der Waals surface area (Å²) in [7, 11) is -0.556. The van der Waals surface area contributed by atoms with E-state index < -0.39 is 18.3 Å². The normalized spacial score (nSPS) is 19.1. The smallest absolute Gasteiger partial charge is 0.399 e. The van der Waals surface area contributed by atoms with Crippen LogP contribution in [0.25, 0.3) is 11.1 Å². The Kier molecular flexibility index (Phi) is 3.81. The largest absolute Gasteiger partial charge is 0.494 e. The van der Waals surface area contributed by atoms with Crippen LogP contribution in [0.2, 0.25) is 0 Å². The Hall–Kier alpha value is -1.72. The van der Waals surface area contributed by atoms with Gasteiger partial charge in [-0.25, -0.2) is 8.78 Å². The van der Waals surface area contributed by atoms with Gasteiger partial charge in [-0.05, 0) is 56.9 Å². The highest BCUT2D eigenvalue weighted by Gasteiger charge is 2.51. The molecule has 5 heteroatoms. The van der Waals surface area contributed by atoms with Gasteiger partial charge in [0.1, 0.15) is 11.6 Å². The van der Waals surface area contributed by atoms with Crippen molar-refractivity contribution in [3.63, 3.8) is 0 Å². The molecule has 0 bridgehead atoms. The van der Waals surface area contributed by atoms with Crippen LogP contribution in [0.15, 0.2) is 42.5 Å². The number of halogens is 2. The van der Waals surface area contributed by atoms with Gasteiger partial charge < -0.3 is 9.31 Å². The van der Waals surface area contributed by atoms with Crippen molar-refractivity contribution in [3.05, 3.63) is 54.1 Å². The van der Waals surface area contributed by atoms with Crippen molar-refractivity contribution >= 4 is 12.6 Å². The molecule has 0 atom stereocenters. The van der Waals surface area contributed by atoms with Crippen LogP contribution in [0.1, 0.15) is 27.7 Å². The van der Waals surface area contributed by atoms with Crippen LogP contribution < -0.4 is 5.46 Å². The summed E-state index contributed by atoms with van der Waals surface area (Å²) in [6.45, 7) is 7.88. The highest BCUT2D eigenvalue weighted by atomic mass is 19.1. The average Bonchev–Trinajstić information content (AvgIpc) is 2.69. The van der Waals surface area contributed by atoms with Gasteiger partial charge in [0, 0.05) is 5.56 Å². The van der Waals surface area contributed by atoms with Crippen LogP contribution in [0.3, 0.4) is 0 Å². The predicted molar refractivity (Wildman–Crippen MR) is 87.5 cm³/mol. The summed E-state index contributed by atoms with van der Waals surface area (Å²) in [6, 6.07) is 10.5. The summed E-state index contributed by atoms with van der Waals surface area (Å²) in [5.41, 5.74) is 0.841. The fourth-order valence-corrected chi connectivity index (χ4v) is 2.52. The van der Waals surface area contributed by atoms with Gasteiger partial charge in [-0.2, -0.15) is 0 Å². The van der Waals surface area contributed by atoms with Crippen molar-refractivity contribution in [1.82, 2.24) is 0 Å². The third-order valence-electron chi connectivity index (χ3n) is 4.67. The van der Waals surface area contributed by atoms with Gasteiger partial charge in [0.05, 0.1) is 11.2 Å². The SMILES string of the molecule is CC1(C)OB(c2ccc(F)c(-c3ccc(F)cc3)c2)OC1(C)C. The minimum Gasteiger partial charge on any atom is -0.399 e. The topological polar surface area (TPSA) is 18.5 Å². The molecule has 0 saturated carbocycles. The van der Waals surface area contributed by atoms with Crippen LogP contribution in [0, 0.1) is 11.6 Å². The maximum absolute atomic E-state index is 14.2. The zero-order valence-corrected chi connectivity index (χ0v) is 13.7. The minimum absolute atomic E-state index is 0.351. The number of benzene rings is 2. The molecule has 120 valence electrons. The Morgan fingerprint density at radius 3 is 1.96 bits per heavy atom. The number of hydrogen-bond acceptors (Lipinski definition) is 2. The monoisotopic (exact) mass is 316 g/mol. The molecule has 1 saturated heterocycles. The Morgan fingerprint density at radius 1 is 0.826 bits per heavy atom. The van der Waals surface area contributed by atoms with Crippen molar-refractivity contribution in [1.29, 1.82) is 0 Å². The van der Waals surface area contributed by atoms with E-state index >= 15 is 0 Å². The fourth-order valence-electron chi connectivity index (χ4n) is 2.52. The molecule has 1 fully saturated rings. The summed E-state index contributed by atoms with van der Waals surface area (Å²) in [4.78, 5) is 0. The van der Waals surface area contributed by atoms with E-state index in [0.29, 0.717) is 11.1 Å². The first-order chi connectivity index (χ1) is 10.7. The second kappa shape index (κ2) is 5.43. The van der Waals surface area contributed by atoms with Gasteiger partial charge in [0.2, 0.25) is 0 Å². The highest BCUT2D eigenvalue weighted by Crippen LogP contribution is 2.36. The average molecular weight is 316 g/mol. The lowest BCUT2D eigenvalue weighted by Crippen LogP contribution is -2.41. The molecule has 2 aromatic rings. The van der Waals surface area contributed by atoms with Crippen molar-refractivity contribution in [2.24, 2.45) is 0 Å². The molecule has 1 heterocycles. The summed E-state index contributed by atoms with van der Waals surface area (Å²) in [5, 5.41) is 0. The molecule has 3 rings (SSSR count). The van der Waals surface area contributed by atoms with E-state index in [-0.39, 0.29) is 11.6 Å². The van der Waals surface area contributed by atoms with E-state index in [9.17, 15) is 8.78 Å². The lowest BCUT2D eigenvalue weighted by molar-refractivity contribution is 0.00578. The van der Waals surface area contributed by atoms with Gasteiger partial charge in [-0.3, -0.25) is 0 Å². The molecule has 2 aromatic carbocycles. The van der Waals surface area contributed by atoms with Crippen LogP contribution in [-0.2, 0) is 9.31 Å². The van der Waals surface area contributed by atoms with Gasteiger partial charge in [0.25, 0.3) is 0 Å². The van der Waals surface area contributed by atoms with Gasteiger partial charge in [0.15, 0.2) is 0 Å². The molecule has 23 heavy (non-hydrogen) atoms. The van der Waals surface area contributed by atoms with Crippen LogP contribution >= 0.6 is 0 Å². The van der Waals surface area contributed by atoms with Gasteiger partial charge >= 0.3 is 7.12 Å².